The molecule has 1 amide bonds. The van der Waals surface area contributed by atoms with Crippen LogP contribution in [0.25, 0.3) is 0 Å². The Morgan fingerprint density at radius 3 is 2.54 bits per heavy atom. The maximum Gasteiger partial charge on any atom is 0.241 e. The number of hydrogen-bond donors (Lipinski definition) is 2. The third-order valence-corrected chi connectivity index (χ3v) is 4.89. The summed E-state index contributed by atoms with van der Waals surface area (Å²) in [4.78, 5) is 16.6. The van der Waals surface area contributed by atoms with Crippen molar-refractivity contribution in [3.63, 3.8) is 0 Å². The number of phenols is 1. The number of para-hydroxylation sites is 2. The molecule has 5 nitrogen and oxygen atoms in total. The molecule has 3 rings (SSSR count). The van der Waals surface area contributed by atoms with Gasteiger partial charge in [-0.25, -0.2) is 4.39 Å². The van der Waals surface area contributed by atoms with Gasteiger partial charge in [0.05, 0.1) is 17.4 Å². The molecule has 0 spiro atoms. The largest absolute Gasteiger partial charge is 0.506 e. The summed E-state index contributed by atoms with van der Waals surface area (Å²) in [5.74, 6) is -0.561. The number of amides is 1. The fourth-order valence-electron chi connectivity index (χ4n) is 3.08. The lowest BCUT2D eigenvalue weighted by molar-refractivity contribution is -0.120. The summed E-state index contributed by atoms with van der Waals surface area (Å²) in [6, 6.07) is 11.0. The highest BCUT2D eigenvalue weighted by molar-refractivity contribution is 6.30. The second kappa shape index (κ2) is 7.93. The van der Waals surface area contributed by atoms with E-state index in [1.54, 1.807) is 19.1 Å². The Hall–Kier alpha value is -2.31. The fourth-order valence-corrected chi connectivity index (χ4v) is 3.23. The molecule has 0 saturated carbocycles. The van der Waals surface area contributed by atoms with Crippen molar-refractivity contribution in [1.82, 2.24) is 4.90 Å². The minimum absolute atomic E-state index is 0.124. The Morgan fingerprint density at radius 1 is 1.19 bits per heavy atom. The van der Waals surface area contributed by atoms with Gasteiger partial charge in [0.25, 0.3) is 0 Å². The van der Waals surface area contributed by atoms with Gasteiger partial charge in [0, 0.05) is 31.2 Å². The van der Waals surface area contributed by atoms with Crippen molar-refractivity contribution >= 4 is 28.9 Å². The van der Waals surface area contributed by atoms with Crippen LogP contribution in [-0.4, -0.2) is 48.1 Å². The number of halogens is 2. The summed E-state index contributed by atoms with van der Waals surface area (Å²) in [5.41, 5.74) is 0.923. The molecular formula is C19H21ClFN3O2. The molecule has 26 heavy (non-hydrogen) atoms. The van der Waals surface area contributed by atoms with E-state index in [0.717, 1.165) is 5.69 Å². The molecule has 2 N–H and O–H groups in total. The highest BCUT2D eigenvalue weighted by Crippen LogP contribution is 2.27. The summed E-state index contributed by atoms with van der Waals surface area (Å²) in [7, 11) is 0. The lowest BCUT2D eigenvalue weighted by Crippen LogP contribution is -2.52. The number of phenolic OH excluding ortho intramolecular Hbond substituents is 1. The van der Waals surface area contributed by atoms with E-state index in [-0.39, 0.29) is 22.4 Å². The van der Waals surface area contributed by atoms with Crippen molar-refractivity contribution in [2.45, 2.75) is 13.0 Å². The second-order valence-corrected chi connectivity index (χ2v) is 6.74. The monoisotopic (exact) mass is 377 g/mol. The first-order chi connectivity index (χ1) is 12.5. The summed E-state index contributed by atoms with van der Waals surface area (Å²) in [5, 5.41) is 12.9. The fraction of sp³-hybridized carbons (Fsp3) is 0.316. The van der Waals surface area contributed by atoms with Crippen LogP contribution in [0.3, 0.4) is 0 Å². The summed E-state index contributed by atoms with van der Waals surface area (Å²) < 4.78 is 13.9. The molecule has 2 aromatic rings. The number of benzene rings is 2. The Balaban J connectivity index is 1.58. The minimum Gasteiger partial charge on any atom is -0.506 e. The number of rotatable bonds is 4. The number of nitrogens with zero attached hydrogens (tertiary/aromatic N) is 2. The summed E-state index contributed by atoms with van der Waals surface area (Å²) in [6.07, 6.45) is 0. The van der Waals surface area contributed by atoms with Crippen LogP contribution in [0.4, 0.5) is 15.8 Å². The van der Waals surface area contributed by atoms with Gasteiger partial charge in [0.1, 0.15) is 11.6 Å². The van der Waals surface area contributed by atoms with Crippen molar-refractivity contribution in [1.29, 1.82) is 0 Å². The summed E-state index contributed by atoms with van der Waals surface area (Å²) >= 11 is 5.73. The number of anilines is 2. The lowest BCUT2D eigenvalue weighted by atomic mass is 10.2. The minimum atomic E-state index is -0.553. The predicted molar refractivity (Wildman–Crippen MR) is 101 cm³/mol. The van der Waals surface area contributed by atoms with Crippen LogP contribution in [0.1, 0.15) is 6.92 Å². The van der Waals surface area contributed by atoms with Gasteiger partial charge >= 0.3 is 0 Å². The third kappa shape index (κ3) is 4.08. The molecule has 1 heterocycles. The van der Waals surface area contributed by atoms with Crippen molar-refractivity contribution in [2.75, 3.05) is 36.4 Å². The highest BCUT2D eigenvalue weighted by Gasteiger charge is 2.26. The van der Waals surface area contributed by atoms with Crippen LogP contribution in [0.5, 0.6) is 5.75 Å². The normalized spacial score (nSPS) is 16.3. The Morgan fingerprint density at radius 2 is 1.88 bits per heavy atom. The maximum atomic E-state index is 13.9. The van der Waals surface area contributed by atoms with Crippen molar-refractivity contribution in [3.05, 3.63) is 53.3 Å². The average Bonchev–Trinajstić information content (AvgIpc) is 2.64. The van der Waals surface area contributed by atoms with E-state index in [4.69, 9.17) is 11.6 Å². The quantitative estimate of drug-likeness (QED) is 0.858. The summed E-state index contributed by atoms with van der Waals surface area (Å²) in [6.45, 7) is 4.55. The zero-order chi connectivity index (χ0) is 18.7. The van der Waals surface area contributed by atoms with Gasteiger partial charge in [0.2, 0.25) is 5.91 Å². The number of piperazine rings is 1. The first kappa shape index (κ1) is 18.5. The number of nitrogens with one attached hydrogen (secondary N) is 1. The van der Waals surface area contributed by atoms with Crippen molar-refractivity contribution < 1.29 is 14.3 Å². The van der Waals surface area contributed by atoms with Gasteiger partial charge in [-0.2, -0.15) is 0 Å². The van der Waals surface area contributed by atoms with Gasteiger partial charge in [-0.3, -0.25) is 9.69 Å². The zero-order valence-corrected chi connectivity index (χ0v) is 15.2. The van der Waals surface area contributed by atoms with Gasteiger partial charge in [-0.15, -0.1) is 0 Å². The molecule has 0 bridgehead atoms. The number of aromatic hydroxyl groups is 1. The topological polar surface area (TPSA) is 55.8 Å². The molecule has 0 aliphatic carbocycles. The first-order valence-electron chi connectivity index (χ1n) is 8.48. The van der Waals surface area contributed by atoms with Crippen molar-refractivity contribution in [2.24, 2.45) is 0 Å². The van der Waals surface area contributed by atoms with Gasteiger partial charge in [-0.05, 0) is 37.3 Å². The molecule has 7 heteroatoms. The zero-order valence-electron chi connectivity index (χ0n) is 14.5. The van der Waals surface area contributed by atoms with E-state index in [2.05, 4.69) is 10.2 Å². The Bertz CT molecular complexity index is 794. The number of carbonyl (C=O) groups excluding carboxylic acids is 1. The van der Waals surface area contributed by atoms with Gasteiger partial charge in [0.15, 0.2) is 0 Å². The van der Waals surface area contributed by atoms with E-state index in [1.165, 1.54) is 18.2 Å². The van der Waals surface area contributed by atoms with Crippen LogP contribution in [0.15, 0.2) is 42.5 Å². The molecule has 0 aromatic heterocycles. The standard InChI is InChI=1S/C19H21ClFN3O2/c1-13(19(26)22-16-7-6-14(20)12-15(16)21)23-8-10-24(11-9-23)17-4-2-3-5-18(17)25/h2-7,12-13,25H,8-11H2,1H3,(H,22,26)/t13-/m0/s1. The highest BCUT2D eigenvalue weighted by atomic mass is 35.5. The molecule has 0 unspecified atom stereocenters. The molecule has 1 aliphatic heterocycles. The second-order valence-electron chi connectivity index (χ2n) is 6.30. The molecule has 1 atom stereocenters. The smallest absolute Gasteiger partial charge is 0.241 e. The Labute approximate surface area is 157 Å². The van der Waals surface area contributed by atoms with Crippen LogP contribution in [-0.2, 0) is 4.79 Å². The molecule has 1 fully saturated rings. The van der Waals surface area contributed by atoms with E-state index in [1.807, 2.05) is 17.0 Å². The Kier molecular flexibility index (Phi) is 5.64. The molecule has 1 saturated heterocycles. The predicted octanol–water partition coefficient (Wildman–Crippen LogP) is 3.33. The van der Waals surface area contributed by atoms with Gasteiger partial charge in [-0.1, -0.05) is 23.7 Å². The molecule has 2 aromatic carbocycles. The number of hydrogen-bond acceptors (Lipinski definition) is 4. The van der Waals surface area contributed by atoms with E-state index in [9.17, 15) is 14.3 Å². The van der Waals surface area contributed by atoms with Gasteiger partial charge < -0.3 is 15.3 Å². The SMILES string of the molecule is C[C@@H](C(=O)Nc1ccc(Cl)cc1F)N1CCN(c2ccccc2O)CC1. The average molecular weight is 378 g/mol. The number of carbonyl (C=O) groups is 1. The van der Waals surface area contributed by atoms with E-state index in [0.29, 0.717) is 26.2 Å². The molecular weight excluding hydrogens is 357 g/mol. The molecule has 1 aliphatic rings. The molecule has 138 valence electrons. The molecule has 0 radical (unpaired) electrons. The first-order valence-corrected chi connectivity index (χ1v) is 8.86. The third-order valence-electron chi connectivity index (χ3n) is 4.65. The van der Waals surface area contributed by atoms with Crippen LogP contribution in [0, 0.1) is 5.82 Å². The van der Waals surface area contributed by atoms with Crippen LogP contribution < -0.4 is 10.2 Å². The van der Waals surface area contributed by atoms with Crippen LogP contribution >= 0.6 is 11.6 Å². The lowest BCUT2D eigenvalue weighted by Gasteiger charge is -2.38. The van der Waals surface area contributed by atoms with Crippen molar-refractivity contribution in [3.8, 4) is 5.75 Å². The van der Waals surface area contributed by atoms with Crippen LogP contribution in [0.2, 0.25) is 5.02 Å². The maximum absolute atomic E-state index is 13.9. The van der Waals surface area contributed by atoms with E-state index < -0.39 is 11.9 Å². The van der Waals surface area contributed by atoms with E-state index >= 15 is 0 Å².